The molecule has 0 amide bonds. The molecule has 1 unspecified atom stereocenters. The second kappa shape index (κ2) is 22.3. The first kappa shape index (κ1) is 57.0. The molecule has 470 valence electrons. The molecule has 3 aromatic heterocycles. The van der Waals surface area contributed by atoms with Crippen LogP contribution in [-0.4, -0.2) is 13.4 Å². The Balaban J connectivity index is 0.885. The van der Waals surface area contributed by atoms with Crippen molar-refractivity contribution in [1.29, 1.82) is 0 Å². The summed E-state index contributed by atoms with van der Waals surface area (Å²) in [6, 6.07) is 125. The normalized spacial score (nSPS) is 13.5. The fourth-order valence-electron chi connectivity index (χ4n) is 17.4. The second-order valence-electron chi connectivity index (χ2n) is 26.9. The topological polar surface area (TPSA) is 22.2 Å². The third kappa shape index (κ3) is 8.50. The van der Waals surface area contributed by atoms with Gasteiger partial charge in [0.2, 0.25) is 0 Å². The first-order valence-electron chi connectivity index (χ1n) is 34.6. The first-order valence-corrected chi connectivity index (χ1v) is 37.1. The number of hydrogen-bond acceptors (Lipinski definition) is 8. The molecule has 0 aliphatic carbocycles. The van der Waals surface area contributed by atoms with Gasteiger partial charge in [-0.1, -0.05) is 224 Å². The fourth-order valence-corrected chi connectivity index (χ4v) is 21.1. The molecular weight excluding hydrogens is 1280 g/mol. The first-order chi connectivity index (χ1) is 50.1. The van der Waals surface area contributed by atoms with E-state index in [9.17, 15) is 0 Å². The number of para-hydroxylation sites is 5. The number of ether oxygens (including phenoxy) is 1. The van der Waals surface area contributed by atoms with E-state index in [0.717, 1.165) is 90.8 Å². The SMILES string of the molecule is c1ccc(C(c2cc3c4c(c2)N(c2cccc5c2sc2ccccc25)c2cc5c(cc2B4c2ccccc2O3)B2c3ccccc3N(c3ccccc3)c3cc(N(c4ccccc4)c4ccccc4)cc(c32)N5c2cccc3c2sc2ccccc23)c2cccc3c2sc2ccccc23)cc1. The van der Waals surface area contributed by atoms with Crippen molar-refractivity contribution in [2.75, 3.05) is 19.6 Å². The molecule has 15 aromatic carbocycles. The van der Waals surface area contributed by atoms with Gasteiger partial charge in [-0.05, 0) is 159 Å². The maximum atomic E-state index is 7.58. The molecule has 0 radical (unpaired) electrons. The van der Waals surface area contributed by atoms with Crippen LogP contribution in [0, 0.1) is 0 Å². The van der Waals surface area contributed by atoms with Gasteiger partial charge in [-0.3, -0.25) is 0 Å². The van der Waals surface area contributed by atoms with Crippen LogP contribution in [0.15, 0.2) is 334 Å². The lowest BCUT2D eigenvalue weighted by molar-refractivity contribution is 0.486. The van der Waals surface area contributed by atoms with E-state index >= 15 is 0 Å². The van der Waals surface area contributed by atoms with Gasteiger partial charge in [-0.2, -0.15) is 0 Å². The second-order valence-corrected chi connectivity index (χ2v) is 30.1. The minimum Gasteiger partial charge on any atom is -0.458 e. The molecule has 0 bridgehead atoms. The lowest BCUT2D eigenvalue weighted by Gasteiger charge is -2.47. The molecule has 22 rings (SSSR count). The summed E-state index contributed by atoms with van der Waals surface area (Å²) in [4.78, 5) is 10.3. The van der Waals surface area contributed by atoms with E-state index in [-0.39, 0.29) is 19.3 Å². The Labute approximate surface area is 596 Å². The number of fused-ring (bicyclic) bond motifs is 17. The Morgan fingerprint density at radius 2 is 0.733 bits per heavy atom. The van der Waals surface area contributed by atoms with Crippen molar-refractivity contribution in [2.45, 2.75) is 5.92 Å². The number of nitrogens with zero attached hydrogens (tertiary/aromatic N) is 4. The molecule has 4 aliphatic rings. The van der Waals surface area contributed by atoms with Crippen LogP contribution in [-0.2, 0) is 0 Å². The quantitative estimate of drug-likeness (QED) is 0.106. The Hall–Kier alpha value is -11.9. The molecule has 10 heteroatoms. The maximum Gasteiger partial charge on any atom is 0.256 e. The molecule has 7 heterocycles. The zero-order valence-corrected chi connectivity index (χ0v) is 56.9. The maximum absolute atomic E-state index is 7.58. The molecular formula is C91H56B2N4OS3. The van der Waals surface area contributed by atoms with E-state index < -0.39 is 0 Å². The number of anilines is 12. The highest BCUT2D eigenvalue weighted by molar-refractivity contribution is 7.27. The van der Waals surface area contributed by atoms with E-state index in [1.54, 1.807) is 0 Å². The van der Waals surface area contributed by atoms with E-state index in [0.29, 0.717) is 0 Å². The van der Waals surface area contributed by atoms with Gasteiger partial charge in [-0.15, -0.1) is 34.0 Å². The lowest BCUT2D eigenvalue weighted by atomic mass is 9.30. The summed E-state index contributed by atoms with van der Waals surface area (Å²) < 4.78 is 15.2. The average Bonchev–Trinajstić information content (AvgIpc) is 1.26. The molecule has 18 aromatic rings. The van der Waals surface area contributed by atoms with Gasteiger partial charge >= 0.3 is 0 Å². The van der Waals surface area contributed by atoms with E-state index in [1.807, 2.05) is 34.0 Å². The van der Waals surface area contributed by atoms with Gasteiger partial charge in [0.15, 0.2) is 0 Å². The molecule has 0 saturated heterocycles. The largest absolute Gasteiger partial charge is 0.458 e. The van der Waals surface area contributed by atoms with Gasteiger partial charge in [0.05, 0.1) is 26.5 Å². The molecule has 5 nitrogen and oxygen atoms in total. The number of thiophene rings is 3. The monoisotopic (exact) mass is 1340 g/mol. The highest BCUT2D eigenvalue weighted by Gasteiger charge is 2.49. The van der Waals surface area contributed by atoms with Gasteiger partial charge in [0.1, 0.15) is 11.5 Å². The van der Waals surface area contributed by atoms with Crippen LogP contribution in [0.25, 0.3) is 60.5 Å². The average molecular weight is 1340 g/mol. The van der Waals surface area contributed by atoms with Crippen molar-refractivity contribution in [3.63, 3.8) is 0 Å². The van der Waals surface area contributed by atoms with Crippen LogP contribution in [0.3, 0.4) is 0 Å². The van der Waals surface area contributed by atoms with Crippen molar-refractivity contribution in [2.24, 2.45) is 0 Å². The molecule has 0 N–H and O–H groups in total. The smallest absolute Gasteiger partial charge is 0.256 e. The Morgan fingerprint density at radius 3 is 1.35 bits per heavy atom. The molecule has 4 aliphatic heterocycles. The fraction of sp³-hybridized carbons (Fsp3) is 0.0110. The standard InChI is InChI=1S/C91H56B2N4OS3/c1-5-26-56(27-6-1)86(68-40-23-37-65-62-34-13-20-47-83(62)99-89(65)68)57-50-78-88-82(51-57)98-81-46-19-17-42-70(81)93(88)72-54-71-76(55-77(72)96(78)74-44-24-38-66-63-35-14-21-48-84(63)100-90(66)74)97(75-45-25-39-67-64-36-15-22-49-85(64)101-91(67)75)80-53-61(94(58-28-7-2-8-29-58)59-30-9-3-10-31-59)52-79-87(80)92(71)69-41-16-18-43-73(69)95(79)60-32-11-4-12-33-60/h1-55,86H. The molecule has 0 fully saturated rings. The predicted molar refractivity (Wildman–Crippen MR) is 433 cm³/mol. The molecule has 0 spiro atoms. The number of rotatable bonds is 9. The van der Waals surface area contributed by atoms with E-state index in [4.69, 9.17) is 4.74 Å². The van der Waals surface area contributed by atoms with Gasteiger partial charge in [0.25, 0.3) is 13.4 Å². The zero-order chi connectivity index (χ0) is 66.0. The van der Waals surface area contributed by atoms with Crippen LogP contribution >= 0.6 is 34.0 Å². The molecule has 0 saturated carbocycles. The third-order valence-electron chi connectivity index (χ3n) is 21.5. The predicted octanol–water partition coefficient (Wildman–Crippen LogP) is 21.9. The minimum absolute atomic E-state index is 0.161. The van der Waals surface area contributed by atoms with Crippen LogP contribution in [0.1, 0.15) is 22.6 Å². The number of hydrogen-bond donors (Lipinski definition) is 0. The summed E-state index contributed by atoms with van der Waals surface area (Å²) in [6.07, 6.45) is 0. The Kier molecular flexibility index (Phi) is 12.6. The summed E-state index contributed by atoms with van der Waals surface area (Å²) in [5, 5.41) is 7.57. The van der Waals surface area contributed by atoms with Gasteiger partial charge < -0.3 is 24.3 Å². The minimum atomic E-state index is -0.217. The Bertz CT molecular complexity index is 6410. The number of benzene rings is 15. The van der Waals surface area contributed by atoms with Crippen LogP contribution < -0.4 is 57.1 Å². The van der Waals surface area contributed by atoms with Crippen molar-refractivity contribution in [3.05, 3.63) is 350 Å². The van der Waals surface area contributed by atoms with Crippen LogP contribution in [0.5, 0.6) is 11.5 Å². The molecule has 1 atom stereocenters. The lowest BCUT2D eigenvalue weighted by Crippen LogP contribution is -2.64. The molecule has 101 heavy (non-hydrogen) atoms. The summed E-state index contributed by atoms with van der Waals surface area (Å²) in [6.45, 7) is -0.419. The van der Waals surface area contributed by atoms with Crippen molar-refractivity contribution >= 4 is 209 Å². The highest BCUT2D eigenvalue weighted by Crippen LogP contribution is 2.55. The van der Waals surface area contributed by atoms with Crippen molar-refractivity contribution in [1.82, 2.24) is 0 Å². The highest BCUT2D eigenvalue weighted by atomic mass is 32.1. The third-order valence-corrected chi connectivity index (χ3v) is 25.2. The summed E-state index contributed by atoms with van der Waals surface area (Å²) in [7, 11) is 0. The van der Waals surface area contributed by atoms with E-state index in [1.165, 1.54) is 99.0 Å². The van der Waals surface area contributed by atoms with Gasteiger partial charge in [0, 0.05) is 108 Å². The summed E-state index contributed by atoms with van der Waals surface area (Å²) >= 11 is 5.67. The Morgan fingerprint density at radius 1 is 0.277 bits per heavy atom. The van der Waals surface area contributed by atoms with Gasteiger partial charge in [-0.25, -0.2) is 0 Å². The van der Waals surface area contributed by atoms with Crippen LogP contribution in [0.4, 0.5) is 68.2 Å². The van der Waals surface area contributed by atoms with Crippen molar-refractivity contribution in [3.8, 4) is 11.5 Å². The van der Waals surface area contributed by atoms with Crippen LogP contribution in [0.2, 0.25) is 0 Å². The zero-order valence-electron chi connectivity index (χ0n) is 54.4. The summed E-state index contributed by atoms with van der Waals surface area (Å²) in [5.41, 5.74) is 24.3. The summed E-state index contributed by atoms with van der Waals surface area (Å²) in [5.74, 6) is 1.59. The van der Waals surface area contributed by atoms with E-state index in [2.05, 4.69) is 353 Å². The van der Waals surface area contributed by atoms with Crippen molar-refractivity contribution < 1.29 is 4.74 Å².